The first-order chi connectivity index (χ1) is 9.46. The van der Waals surface area contributed by atoms with Gasteiger partial charge in [-0.2, -0.15) is 0 Å². The summed E-state index contributed by atoms with van der Waals surface area (Å²) in [6.45, 7) is 8.56. The van der Waals surface area contributed by atoms with Gasteiger partial charge >= 0.3 is 0 Å². The lowest BCUT2D eigenvalue weighted by Gasteiger charge is -2.22. The molecule has 4 heteroatoms. The maximum Gasteiger partial charge on any atom is 0.234 e. The normalized spacial score (nSPS) is 15.4. The molecule has 1 amide bonds. The topological polar surface area (TPSA) is 32.3 Å². The van der Waals surface area contributed by atoms with E-state index in [-0.39, 0.29) is 10.7 Å². The molecule has 110 valence electrons. The van der Waals surface area contributed by atoms with Crippen LogP contribution < -0.4 is 10.2 Å². The van der Waals surface area contributed by atoms with E-state index in [1.807, 2.05) is 18.2 Å². The third-order valence-corrected chi connectivity index (χ3v) is 4.53. The van der Waals surface area contributed by atoms with Crippen LogP contribution in [-0.4, -0.2) is 29.5 Å². The van der Waals surface area contributed by atoms with Gasteiger partial charge in [0.25, 0.3) is 0 Å². The smallest absolute Gasteiger partial charge is 0.234 e. The summed E-state index contributed by atoms with van der Waals surface area (Å²) in [4.78, 5) is 14.4. The molecule has 0 aliphatic carbocycles. The molecule has 0 unspecified atom stereocenters. The zero-order valence-corrected chi connectivity index (χ0v) is 13.4. The van der Waals surface area contributed by atoms with Gasteiger partial charge in [0.05, 0.1) is 17.1 Å². The zero-order chi connectivity index (χ0) is 14.6. The molecule has 3 nitrogen and oxygen atoms in total. The molecular weight excluding hydrogens is 268 g/mol. The van der Waals surface area contributed by atoms with Crippen LogP contribution in [0.3, 0.4) is 0 Å². The van der Waals surface area contributed by atoms with Crippen LogP contribution in [0.15, 0.2) is 24.3 Å². The second kappa shape index (κ2) is 6.53. The van der Waals surface area contributed by atoms with E-state index in [9.17, 15) is 4.79 Å². The number of thioether (sulfide) groups is 1. The molecule has 1 fully saturated rings. The van der Waals surface area contributed by atoms with Gasteiger partial charge in [0.1, 0.15) is 0 Å². The van der Waals surface area contributed by atoms with Crippen LogP contribution >= 0.6 is 11.8 Å². The van der Waals surface area contributed by atoms with E-state index < -0.39 is 0 Å². The number of anilines is 2. The average molecular weight is 292 g/mol. The first-order valence-corrected chi connectivity index (χ1v) is 8.22. The summed E-state index contributed by atoms with van der Waals surface area (Å²) in [6.07, 6.45) is 2.48. The fraction of sp³-hybridized carbons (Fsp3) is 0.562. The molecule has 1 aliphatic rings. The quantitative estimate of drug-likeness (QED) is 0.917. The van der Waals surface area contributed by atoms with Crippen LogP contribution in [0.1, 0.15) is 33.6 Å². The van der Waals surface area contributed by atoms with Gasteiger partial charge in [0.2, 0.25) is 5.91 Å². The van der Waals surface area contributed by atoms with E-state index >= 15 is 0 Å². The lowest BCUT2D eigenvalue weighted by Crippen LogP contribution is -2.23. The Kier molecular flexibility index (Phi) is 4.97. The molecular formula is C16H24N2OS. The van der Waals surface area contributed by atoms with Gasteiger partial charge in [-0.3, -0.25) is 4.79 Å². The number of carbonyl (C=O) groups excluding carboxylic acids is 1. The number of nitrogens with zero attached hydrogens (tertiary/aromatic N) is 1. The second-order valence-corrected chi connectivity index (χ2v) is 7.96. The number of hydrogen-bond donors (Lipinski definition) is 1. The highest BCUT2D eigenvalue weighted by Gasteiger charge is 2.17. The van der Waals surface area contributed by atoms with Crippen molar-refractivity contribution in [3.05, 3.63) is 24.3 Å². The summed E-state index contributed by atoms with van der Waals surface area (Å²) in [7, 11) is 0. The lowest BCUT2D eigenvalue weighted by atomic mass is 10.2. The van der Waals surface area contributed by atoms with Crippen LogP contribution in [-0.2, 0) is 4.79 Å². The summed E-state index contributed by atoms with van der Waals surface area (Å²) >= 11 is 1.67. The largest absolute Gasteiger partial charge is 0.370 e. The SMILES string of the molecule is CC(C)(C)SCC(=O)Nc1ccccc1N1CCCC1. The van der Waals surface area contributed by atoms with Crippen molar-refractivity contribution in [1.82, 2.24) is 0 Å². The van der Waals surface area contributed by atoms with Crippen molar-refractivity contribution in [3.63, 3.8) is 0 Å². The molecule has 2 rings (SSSR count). The van der Waals surface area contributed by atoms with Crippen molar-refractivity contribution in [3.8, 4) is 0 Å². The summed E-state index contributed by atoms with van der Waals surface area (Å²) in [5.74, 6) is 0.578. The third kappa shape index (κ3) is 4.44. The van der Waals surface area contributed by atoms with Crippen LogP contribution in [0, 0.1) is 0 Å². The zero-order valence-electron chi connectivity index (χ0n) is 12.6. The van der Waals surface area contributed by atoms with Gasteiger partial charge in [-0.05, 0) is 25.0 Å². The van der Waals surface area contributed by atoms with Crippen LogP contribution in [0.4, 0.5) is 11.4 Å². The van der Waals surface area contributed by atoms with E-state index in [4.69, 9.17) is 0 Å². The molecule has 0 bridgehead atoms. The molecule has 0 aromatic heterocycles. The maximum absolute atomic E-state index is 12.1. The maximum atomic E-state index is 12.1. The Balaban J connectivity index is 2.00. The van der Waals surface area contributed by atoms with Gasteiger partial charge in [-0.1, -0.05) is 32.9 Å². The number of para-hydroxylation sites is 2. The van der Waals surface area contributed by atoms with Crippen molar-refractivity contribution in [2.24, 2.45) is 0 Å². The summed E-state index contributed by atoms with van der Waals surface area (Å²) in [5.41, 5.74) is 2.09. The van der Waals surface area contributed by atoms with Crippen molar-refractivity contribution in [2.75, 3.05) is 29.1 Å². The molecule has 1 aromatic carbocycles. The number of carbonyl (C=O) groups is 1. The van der Waals surface area contributed by atoms with E-state index in [0.29, 0.717) is 5.75 Å². The van der Waals surface area contributed by atoms with E-state index in [1.54, 1.807) is 11.8 Å². The molecule has 20 heavy (non-hydrogen) atoms. The van der Waals surface area contributed by atoms with E-state index in [2.05, 4.69) is 37.1 Å². The van der Waals surface area contributed by atoms with Crippen LogP contribution in [0.5, 0.6) is 0 Å². The highest BCUT2D eigenvalue weighted by atomic mass is 32.2. The first-order valence-electron chi connectivity index (χ1n) is 7.23. The highest BCUT2D eigenvalue weighted by molar-refractivity contribution is 8.01. The van der Waals surface area contributed by atoms with Crippen molar-refractivity contribution in [1.29, 1.82) is 0 Å². The average Bonchev–Trinajstić information content (AvgIpc) is 2.90. The summed E-state index contributed by atoms with van der Waals surface area (Å²) in [5, 5.41) is 3.06. The fourth-order valence-electron chi connectivity index (χ4n) is 2.28. The Labute approximate surface area is 126 Å². The predicted molar refractivity (Wildman–Crippen MR) is 88.7 cm³/mol. The minimum absolute atomic E-state index is 0.0802. The van der Waals surface area contributed by atoms with E-state index in [0.717, 1.165) is 24.5 Å². The van der Waals surface area contributed by atoms with Crippen molar-refractivity contribution in [2.45, 2.75) is 38.4 Å². The van der Waals surface area contributed by atoms with Gasteiger partial charge < -0.3 is 10.2 Å². The fourth-order valence-corrected chi connectivity index (χ4v) is 2.92. The molecule has 0 spiro atoms. The Morgan fingerprint density at radius 1 is 1.25 bits per heavy atom. The number of nitrogens with one attached hydrogen (secondary N) is 1. The lowest BCUT2D eigenvalue weighted by molar-refractivity contribution is -0.113. The molecule has 1 aliphatic heterocycles. The summed E-state index contributed by atoms with van der Waals surface area (Å²) < 4.78 is 0.117. The van der Waals surface area contributed by atoms with E-state index in [1.165, 1.54) is 12.8 Å². The van der Waals surface area contributed by atoms with Crippen molar-refractivity contribution >= 4 is 29.0 Å². The van der Waals surface area contributed by atoms with Crippen LogP contribution in [0.25, 0.3) is 0 Å². The van der Waals surface area contributed by atoms with Crippen molar-refractivity contribution < 1.29 is 4.79 Å². The monoisotopic (exact) mass is 292 g/mol. The molecule has 1 heterocycles. The Morgan fingerprint density at radius 3 is 2.55 bits per heavy atom. The number of rotatable bonds is 4. The number of benzene rings is 1. The van der Waals surface area contributed by atoms with Gasteiger partial charge in [0, 0.05) is 17.8 Å². The molecule has 0 atom stereocenters. The van der Waals surface area contributed by atoms with Gasteiger partial charge in [-0.15, -0.1) is 11.8 Å². The van der Waals surface area contributed by atoms with Gasteiger partial charge in [-0.25, -0.2) is 0 Å². The molecule has 0 radical (unpaired) electrons. The number of amides is 1. The molecule has 0 saturated carbocycles. The minimum atomic E-state index is 0.0802. The molecule has 1 saturated heterocycles. The second-order valence-electron chi connectivity index (χ2n) is 6.16. The summed E-state index contributed by atoms with van der Waals surface area (Å²) in [6, 6.07) is 8.10. The molecule has 1 N–H and O–H groups in total. The molecule has 1 aromatic rings. The van der Waals surface area contributed by atoms with Crippen LogP contribution in [0.2, 0.25) is 0 Å². The Hall–Kier alpha value is -1.16. The van der Waals surface area contributed by atoms with Gasteiger partial charge in [0.15, 0.2) is 0 Å². The first kappa shape index (κ1) is 15.2. The standard InChI is InChI=1S/C16H24N2OS/c1-16(2,3)20-12-15(19)17-13-8-4-5-9-14(13)18-10-6-7-11-18/h4-5,8-9H,6-7,10-12H2,1-3H3,(H,17,19). The Bertz CT molecular complexity index is 462. The third-order valence-electron chi connectivity index (χ3n) is 3.26. The number of hydrogen-bond acceptors (Lipinski definition) is 3. The Morgan fingerprint density at radius 2 is 1.90 bits per heavy atom. The predicted octanol–water partition coefficient (Wildman–Crippen LogP) is 3.76. The highest BCUT2D eigenvalue weighted by Crippen LogP contribution is 2.29. The minimum Gasteiger partial charge on any atom is -0.370 e.